The highest BCUT2D eigenvalue weighted by Gasteiger charge is 2.30. The van der Waals surface area contributed by atoms with Gasteiger partial charge in [-0.05, 0) is 31.7 Å². The maximum absolute atomic E-state index is 12.4. The first-order chi connectivity index (χ1) is 12.7. The highest BCUT2D eigenvalue weighted by molar-refractivity contribution is 5.82. The molecule has 6 heteroatoms. The van der Waals surface area contributed by atoms with E-state index in [-0.39, 0.29) is 12.0 Å². The molecule has 2 fully saturated rings. The Hall–Kier alpha value is -2.08. The van der Waals surface area contributed by atoms with Gasteiger partial charge in [0.15, 0.2) is 5.96 Å². The van der Waals surface area contributed by atoms with Crippen LogP contribution in [0.4, 0.5) is 0 Å². The Labute approximate surface area is 156 Å². The van der Waals surface area contributed by atoms with Gasteiger partial charge in [0.1, 0.15) is 6.10 Å². The van der Waals surface area contributed by atoms with Gasteiger partial charge >= 0.3 is 0 Å². The lowest BCUT2D eigenvalue weighted by atomic mass is 10.1. The van der Waals surface area contributed by atoms with Gasteiger partial charge in [-0.1, -0.05) is 29.8 Å². The molecule has 1 aromatic rings. The van der Waals surface area contributed by atoms with Crippen molar-refractivity contribution in [2.75, 3.05) is 46.4 Å². The maximum Gasteiger partial charge on any atom is 0.251 e. The lowest BCUT2D eigenvalue weighted by molar-refractivity contribution is -0.142. The van der Waals surface area contributed by atoms with Crippen LogP contribution in [0.3, 0.4) is 0 Å². The summed E-state index contributed by atoms with van der Waals surface area (Å²) in [5.74, 6) is 1.07. The summed E-state index contributed by atoms with van der Waals surface area (Å²) >= 11 is 0. The standard InChI is InChI=1S/C20H30N4O2/c1-16-5-7-17(8-6-16)9-10-22-20(21-2)24-13-11-23(12-14-24)19(25)18-4-3-15-26-18/h5-8,18H,3-4,9-15H2,1-2H3,(H,21,22). The SMILES string of the molecule is CN=C(NCCc1ccc(C)cc1)N1CCN(C(=O)C2CCCO2)CC1. The second-order valence-electron chi connectivity index (χ2n) is 7.02. The first-order valence-electron chi connectivity index (χ1n) is 9.59. The van der Waals surface area contributed by atoms with E-state index in [1.165, 1.54) is 11.1 Å². The molecule has 0 spiro atoms. The molecule has 0 aromatic heterocycles. The minimum Gasteiger partial charge on any atom is -0.368 e. The molecule has 1 atom stereocenters. The summed E-state index contributed by atoms with van der Waals surface area (Å²) < 4.78 is 5.53. The van der Waals surface area contributed by atoms with E-state index in [9.17, 15) is 4.79 Å². The van der Waals surface area contributed by atoms with Crippen LogP contribution in [0.25, 0.3) is 0 Å². The van der Waals surface area contributed by atoms with Crippen molar-refractivity contribution >= 4 is 11.9 Å². The number of carbonyl (C=O) groups is 1. The van der Waals surface area contributed by atoms with E-state index in [1.807, 2.05) is 11.9 Å². The molecule has 1 amide bonds. The smallest absolute Gasteiger partial charge is 0.251 e. The molecule has 2 saturated heterocycles. The fraction of sp³-hybridized carbons (Fsp3) is 0.600. The van der Waals surface area contributed by atoms with Gasteiger partial charge in [-0.3, -0.25) is 9.79 Å². The number of aliphatic imine (C=N–C) groups is 1. The Balaban J connectivity index is 1.43. The van der Waals surface area contributed by atoms with Crippen LogP contribution in [0, 0.1) is 6.92 Å². The molecule has 2 aliphatic heterocycles. The van der Waals surface area contributed by atoms with Gasteiger partial charge in [-0.25, -0.2) is 0 Å². The van der Waals surface area contributed by atoms with E-state index >= 15 is 0 Å². The van der Waals surface area contributed by atoms with E-state index < -0.39 is 0 Å². The van der Waals surface area contributed by atoms with E-state index in [0.717, 1.165) is 57.9 Å². The van der Waals surface area contributed by atoms with Crippen molar-refractivity contribution < 1.29 is 9.53 Å². The average molecular weight is 358 g/mol. The lowest BCUT2D eigenvalue weighted by Crippen LogP contribution is -2.55. The van der Waals surface area contributed by atoms with Gasteiger partial charge in [0.25, 0.3) is 5.91 Å². The molecule has 2 aliphatic rings. The molecular weight excluding hydrogens is 328 g/mol. The minimum absolute atomic E-state index is 0.157. The monoisotopic (exact) mass is 358 g/mol. The van der Waals surface area contributed by atoms with Crippen LogP contribution < -0.4 is 5.32 Å². The summed E-state index contributed by atoms with van der Waals surface area (Å²) in [6.45, 7) is 6.76. The average Bonchev–Trinajstić information content (AvgIpc) is 3.21. The number of carbonyl (C=O) groups excluding carboxylic acids is 1. The predicted molar refractivity (Wildman–Crippen MR) is 103 cm³/mol. The fourth-order valence-corrected chi connectivity index (χ4v) is 3.52. The van der Waals surface area contributed by atoms with Gasteiger partial charge in [0.05, 0.1) is 0 Å². The molecule has 0 aliphatic carbocycles. The highest BCUT2D eigenvalue weighted by atomic mass is 16.5. The van der Waals surface area contributed by atoms with Crippen molar-refractivity contribution in [1.82, 2.24) is 15.1 Å². The van der Waals surface area contributed by atoms with E-state index in [2.05, 4.69) is 46.4 Å². The highest BCUT2D eigenvalue weighted by Crippen LogP contribution is 2.16. The zero-order valence-electron chi connectivity index (χ0n) is 15.9. The first-order valence-corrected chi connectivity index (χ1v) is 9.59. The van der Waals surface area contributed by atoms with Crippen molar-refractivity contribution in [1.29, 1.82) is 0 Å². The molecule has 1 N–H and O–H groups in total. The van der Waals surface area contributed by atoms with Crippen molar-refractivity contribution in [3.8, 4) is 0 Å². The summed E-state index contributed by atoms with van der Waals surface area (Å²) in [5, 5.41) is 3.45. The quantitative estimate of drug-likeness (QED) is 0.654. The van der Waals surface area contributed by atoms with E-state index in [0.29, 0.717) is 6.61 Å². The summed E-state index contributed by atoms with van der Waals surface area (Å²) in [5.41, 5.74) is 2.61. The van der Waals surface area contributed by atoms with Crippen LogP contribution in [-0.2, 0) is 16.0 Å². The lowest BCUT2D eigenvalue weighted by Gasteiger charge is -2.37. The Bertz CT molecular complexity index is 615. The number of benzene rings is 1. The second kappa shape index (κ2) is 9.03. The van der Waals surface area contributed by atoms with Crippen LogP contribution >= 0.6 is 0 Å². The van der Waals surface area contributed by atoms with Crippen LogP contribution in [-0.4, -0.2) is 74.1 Å². The van der Waals surface area contributed by atoms with Crippen LogP contribution in [0.2, 0.25) is 0 Å². The van der Waals surface area contributed by atoms with Crippen molar-refractivity contribution in [3.63, 3.8) is 0 Å². The molecular formula is C20H30N4O2. The number of hydrogen-bond donors (Lipinski definition) is 1. The Morgan fingerprint density at radius 3 is 2.50 bits per heavy atom. The number of nitrogens with zero attached hydrogens (tertiary/aromatic N) is 3. The van der Waals surface area contributed by atoms with Gasteiger partial charge < -0.3 is 19.9 Å². The van der Waals surface area contributed by atoms with Crippen molar-refractivity contribution in [2.24, 2.45) is 4.99 Å². The molecule has 6 nitrogen and oxygen atoms in total. The Morgan fingerprint density at radius 1 is 1.19 bits per heavy atom. The van der Waals surface area contributed by atoms with Gasteiger partial charge in [-0.2, -0.15) is 0 Å². The number of amides is 1. The normalized spacial score (nSPS) is 21.2. The fourth-order valence-electron chi connectivity index (χ4n) is 3.52. The largest absolute Gasteiger partial charge is 0.368 e. The third-order valence-corrected chi connectivity index (χ3v) is 5.13. The molecule has 1 unspecified atom stereocenters. The number of nitrogens with one attached hydrogen (secondary N) is 1. The maximum atomic E-state index is 12.4. The van der Waals surface area contributed by atoms with E-state index in [1.54, 1.807) is 0 Å². The predicted octanol–water partition coefficient (Wildman–Crippen LogP) is 1.44. The molecule has 0 saturated carbocycles. The first kappa shape index (κ1) is 18.7. The summed E-state index contributed by atoms with van der Waals surface area (Å²) in [7, 11) is 1.82. The van der Waals surface area contributed by atoms with Crippen LogP contribution in [0.15, 0.2) is 29.3 Å². The van der Waals surface area contributed by atoms with Gasteiger partial charge in [-0.15, -0.1) is 0 Å². The zero-order valence-corrected chi connectivity index (χ0v) is 15.9. The van der Waals surface area contributed by atoms with Crippen molar-refractivity contribution in [3.05, 3.63) is 35.4 Å². The minimum atomic E-state index is -0.214. The number of aryl methyl sites for hydroxylation is 1. The molecule has 2 heterocycles. The Kier molecular flexibility index (Phi) is 6.50. The number of guanidine groups is 1. The zero-order chi connectivity index (χ0) is 18.4. The second-order valence-corrected chi connectivity index (χ2v) is 7.02. The van der Waals surface area contributed by atoms with Crippen LogP contribution in [0.1, 0.15) is 24.0 Å². The Morgan fingerprint density at radius 2 is 1.88 bits per heavy atom. The molecule has 142 valence electrons. The van der Waals surface area contributed by atoms with Crippen LogP contribution in [0.5, 0.6) is 0 Å². The van der Waals surface area contributed by atoms with Gasteiger partial charge in [0, 0.05) is 46.4 Å². The third kappa shape index (κ3) is 4.75. The molecule has 0 bridgehead atoms. The number of hydrogen-bond acceptors (Lipinski definition) is 3. The number of piperazine rings is 1. The molecule has 26 heavy (non-hydrogen) atoms. The third-order valence-electron chi connectivity index (χ3n) is 5.13. The molecule has 3 rings (SSSR count). The summed E-state index contributed by atoms with van der Waals surface area (Å²) in [6.07, 6.45) is 2.61. The summed E-state index contributed by atoms with van der Waals surface area (Å²) in [6, 6.07) is 8.65. The van der Waals surface area contributed by atoms with E-state index in [4.69, 9.17) is 4.74 Å². The molecule has 1 aromatic carbocycles. The topological polar surface area (TPSA) is 57.2 Å². The number of ether oxygens (including phenoxy) is 1. The van der Waals surface area contributed by atoms with Crippen molar-refractivity contribution in [2.45, 2.75) is 32.3 Å². The number of rotatable bonds is 4. The van der Waals surface area contributed by atoms with Gasteiger partial charge in [0.2, 0.25) is 0 Å². The summed E-state index contributed by atoms with van der Waals surface area (Å²) in [4.78, 5) is 21.0. The molecule has 0 radical (unpaired) electrons.